The van der Waals surface area contributed by atoms with Crippen LogP contribution in [0.15, 0.2) is 46.9 Å². The van der Waals surface area contributed by atoms with Crippen molar-refractivity contribution in [3.8, 4) is 11.5 Å². The van der Waals surface area contributed by atoms with Gasteiger partial charge in [-0.2, -0.15) is 0 Å². The van der Waals surface area contributed by atoms with Gasteiger partial charge < -0.3 is 9.73 Å². The van der Waals surface area contributed by atoms with Gasteiger partial charge in [-0.05, 0) is 50.1 Å². The first kappa shape index (κ1) is 14.3. The van der Waals surface area contributed by atoms with Crippen LogP contribution in [0.1, 0.15) is 22.6 Å². The van der Waals surface area contributed by atoms with Crippen molar-refractivity contribution in [2.45, 2.75) is 27.3 Å². The van der Waals surface area contributed by atoms with Gasteiger partial charge in [-0.3, -0.25) is 0 Å². The first-order chi connectivity index (χ1) is 10.6. The van der Waals surface area contributed by atoms with Crippen molar-refractivity contribution < 1.29 is 4.42 Å². The molecule has 0 saturated carbocycles. The molecule has 0 saturated heterocycles. The largest absolute Gasteiger partial charge is 0.419 e. The minimum atomic E-state index is 0.517. The molecule has 22 heavy (non-hydrogen) atoms. The van der Waals surface area contributed by atoms with Crippen LogP contribution in [-0.4, -0.2) is 10.2 Å². The SMILES string of the molecule is Cc1cccc(-c2nnc(CNc3cccc(C)c3C)o2)c1. The van der Waals surface area contributed by atoms with Gasteiger partial charge in [-0.1, -0.05) is 29.8 Å². The van der Waals surface area contributed by atoms with Crippen LogP contribution < -0.4 is 5.32 Å². The van der Waals surface area contributed by atoms with Crippen molar-refractivity contribution in [2.24, 2.45) is 0 Å². The van der Waals surface area contributed by atoms with Crippen LogP contribution in [-0.2, 0) is 6.54 Å². The van der Waals surface area contributed by atoms with E-state index in [1.54, 1.807) is 0 Å². The van der Waals surface area contributed by atoms with Crippen LogP contribution in [0.4, 0.5) is 5.69 Å². The Labute approximate surface area is 130 Å². The smallest absolute Gasteiger partial charge is 0.247 e. The van der Waals surface area contributed by atoms with E-state index in [2.05, 4.69) is 41.5 Å². The maximum atomic E-state index is 5.73. The Morgan fingerprint density at radius 1 is 1.00 bits per heavy atom. The molecule has 1 aromatic heterocycles. The number of nitrogens with one attached hydrogen (secondary N) is 1. The highest BCUT2D eigenvalue weighted by Crippen LogP contribution is 2.21. The van der Waals surface area contributed by atoms with Gasteiger partial charge in [-0.15, -0.1) is 10.2 Å². The number of aromatic nitrogens is 2. The molecular formula is C18H19N3O. The maximum absolute atomic E-state index is 5.73. The van der Waals surface area contributed by atoms with Crippen LogP contribution in [0.2, 0.25) is 0 Å². The maximum Gasteiger partial charge on any atom is 0.247 e. The Balaban J connectivity index is 1.73. The van der Waals surface area contributed by atoms with Crippen LogP contribution in [0.5, 0.6) is 0 Å². The van der Waals surface area contributed by atoms with E-state index < -0.39 is 0 Å². The number of benzene rings is 2. The predicted octanol–water partition coefficient (Wildman–Crippen LogP) is 4.27. The molecule has 0 aliphatic heterocycles. The molecule has 0 bridgehead atoms. The number of hydrogen-bond acceptors (Lipinski definition) is 4. The second-order valence-corrected chi connectivity index (χ2v) is 5.47. The topological polar surface area (TPSA) is 51.0 Å². The van der Waals surface area contributed by atoms with Crippen LogP contribution in [0, 0.1) is 20.8 Å². The summed E-state index contributed by atoms with van der Waals surface area (Å²) in [6, 6.07) is 14.2. The Morgan fingerprint density at radius 3 is 2.64 bits per heavy atom. The Morgan fingerprint density at radius 2 is 1.82 bits per heavy atom. The molecule has 0 aliphatic carbocycles. The van der Waals surface area contributed by atoms with Crippen molar-refractivity contribution in [1.29, 1.82) is 0 Å². The fraction of sp³-hybridized carbons (Fsp3) is 0.222. The minimum absolute atomic E-state index is 0.517. The molecule has 0 fully saturated rings. The summed E-state index contributed by atoms with van der Waals surface area (Å²) in [5.41, 5.74) is 5.71. The van der Waals surface area contributed by atoms with Gasteiger partial charge in [0.1, 0.15) is 0 Å². The van der Waals surface area contributed by atoms with E-state index in [9.17, 15) is 0 Å². The van der Waals surface area contributed by atoms with Gasteiger partial charge >= 0.3 is 0 Å². The zero-order valence-corrected chi connectivity index (χ0v) is 13.1. The van der Waals surface area contributed by atoms with Crippen molar-refractivity contribution >= 4 is 5.69 Å². The summed E-state index contributed by atoms with van der Waals surface area (Å²) in [5, 5.41) is 11.6. The number of aryl methyl sites for hydroxylation is 2. The van der Waals surface area contributed by atoms with E-state index in [1.807, 2.05) is 37.3 Å². The average molecular weight is 293 g/mol. The number of nitrogens with zero attached hydrogens (tertiary/aromatic N) is 2. The van der Waals surface area contributed by atoms with E-state index in [-0.39, 0.29) is 0 Å². The lowest BCUT2D eigenvalue weighted by Gasteiger charge is -2.09. The molecule has 112 valence electrons. The van der Waals surface area contributed by atoms with Crippen molar-refractivity contribution in [3.05, 3.63) is 65.0 Å². The highest BCUT2D eigenvalue weighted by molar-refractivity contribution is 5.55. The van der Waals surface area contributed by atoms with Gasteiger partial charge in [0.2, 0.25) is 11.8 Å². The van der Waals surface area contributed by atoms with Gasteiger partial charge in [0.15, 0.2) is 0 Å². The van der Waals surface area contributed by atoms with Gasteiger partial charge in [-0.25, -0.2) is 0 Å². The van der Waals surface area contributed by atoms with Crippen molar-refractivity contribution in [1.82, 2.24) is 10.2 Å². The summed E-state index contributed by atoms with van der Waals surface area (Å²) in [7, 11) is 0. The van der Waals surface area contributed by atoms with E-state index in [1.165, 1.54) is 16.7 Å². The Bertz CT molecular complexity index is 793. The summed E-state index contributed by atoms with van der Waals surface area (Å²) in [6.07, 6.45) is 0. The second-order valence-electron chi connectivity index (χ2n) is 5.47. The molecule has 3 aromatic rings. The summed E-state index contributed by atoms with van der Waals surface area (Å²) in [4.78, 5) is 0. The van der Waals surface area contributed by atoms with Crippen molar-refractivity contribution in [3.63, 3.8) is 0 Å². The van der Waals surface area contributed by atoms with Crippen LogP contribution >= 0.6 is 0 Å². The number of rotatable bonds is 4. The third kappa shape index (κ3) is 3.01. The summed E-state index contributed by atoms with van der Waals surface area (Å²) in [6.45, 7) is 6.76. The predicted molar refractivity (Wildman–Crippen MR) is 87.7 cm³/mol. The third-order valence-corrected chi connectivity index (χ3v) is 3.77. The standard InChI is InChI=1S/C18H19N3O/c1-12-6-4-8-15(10-12)18-21-20-17(22-18)11-19-16-9-5-7-13(2)14(16)3/h4-10,19H,11H2,1-3H3. The molecule has 0 radical (unpaired) electrons. The molecule has 2 aromatic carbocycles. The first-order valence-corrected chi connectivity index (χ1v) is 7.33. The second kappa shape index (κ2) is 6.02. The fourth-order valence-corrected chi connectivity index (χ4v) is 2.33. The van der Waals surface area contributed by atoms with E-state index in [0.717, 1.165) is 11.3 Å². The van der Waals surface area contributed by atoms with E-state index in [0.29, 0.717) is 18.3 Å². The highest BCUT2D eigenvalue weighted by Gasteiger charge is 2.09. The van der Waals surface area contributed by atoms with E-state index >= 15 is 0 Å². The highest BCUT2D eigenvalue weighted by atomic mass is 16.4. The molecular weight excluding hydrogens is 274 g/mol. The van der Waals surface area contributed by atoms with Crippen LogP contribution in [0.3, 0.4) is 0 Å². The Kier molecular flexibility index (Phi) is 3.92. The minimum Gasteiger partial charge on any atom is -0.419 e. The zero-order valence-electron chi connectivity index (χ0n) is 13.1. The molecule has 0 spiro atoms. The molecule has 0 amide bonds. The summed E-state index contributed by atoms with van der Waals surface area (Å²) in [5.74, 6) is 1.14. The molecule has 4 heteroatoms. The van der Waals surface area contributed by atoms with Crippen LogP contribution in [0.25, 0.3) is 11.5 Å². The van der Waals surface area contributed by atoms with E-state index in [4.69, 9.17) is 4.42 Å². The number of anilines is 1. The monoisotopic (exact) mass is 293 g/mol. The lowest BCUT2D eigenvalue weighted by Crippen LogP contribution is -2.02. The zero-order chi connectivity index (χ0) is 15.5. The Hall–Kier alpha value is -2.62. The van der Waals surface area contributed by atoms with Crippen molar-refractivity contribution in [2.75, 3.05) is 5.32 Å². The molecule has 0 atom stereocenters. The first-order valence-electron chi connectivity index (χ1n) is 7.33. The third-order valence-electron chi connectivity index (χ3n) is 3.77. The lowest BCUT2D eigenvalue weighted by atomic mass is 10.1. The van der Waals surface area contributed by atoms with Gasteiger partial charge in [0.05, 0.1) is 6.54 Å². The molecule has 0 unspecified atom stereocenters. The molecule has 4 nitrogen and oxygen atoms in total. The summed E-state index contributed by atoms with van der Waals surface area (Å²) >= 11 is 0. The van der Waals surface area contributed by atoms with Gasteiger partial charge in [0.25, 0.3) is 0 Å². The molecule has 3 rings (SSSR count). The average Bonchev–Trinajstić information content (AvgIpc) is 2.98. The van der Waals surface area contributed by atoms with Gasteiger partial charge in [0, 0.05) is 11.3 Å². The fourth-order valence-electron chi connectivity index (χ4n) is 2.33. The normalized spacial score (nSPS) is 10.7. The summed E-state index contributed by atoms with van der Waals surface area (Å²) < 4.78 is 5.73. The lowest BCUT2D eigenvalue weighted by molar-refractivity contribution is 0.515. The molecule has 1 N–H and O–H groups in total. The number of hydrogen-bond donors (Lipinski definition) is 1. The molecule has 1 heterocycles. The molecule has 0 aliphatic rings. The quantitative estimate of drug-likeness (QED) is 0.780.